The van der Waals surface area contributed by atoms with Crippen molar-refractivity contribution in [1.29, 1.82) is 0 Å². The maximum absolute atomic E-state index is 11.3. The van der Waals surface area contributed by atoms with E-state index in [1.807, 2.05) is 35.8 Å². The van der Waals surface area contributed by atoms with Crippen molar-refractivity contribution in [1.82, 2.24) is 19.7 Å². The third-order valence-corrected chi connectivity index (χ3v) is 5.59. The van der Waals surface area contributed by atoms with Crippen LogP contribution < -0.4 is 4.74 Å². The van der Waals surface area contributed by atoms with Crippen LogP contribution in [0.4, 0.5) is 5.69 Å². The molecule has 0 bridgehead atoms. The van der Waals surface area contributed by atoms with Gasteiger partial charge in [-0.2, -0.15) is 0 Å². The molecule has 2 aromatic carbocycles. The quantitative estimate of drug-likeness (QED) is 0.341. The molecule has 0 unspecified atom stereocenters. The molecule has 0 aliphatic heterocycles. The van der Waals surface area contributed by atoms with Crippen molar-refractivity contribution in [2.75, 3.05) is 7.11 Å². The van der Waals surface area contributed by atoms with Crippen LogP contribution in [0.2, 0.25) is 0 Å². The normalized spacial score (nSPS) is 11.0. The number of nitro benzene ring substituents is 1. The smallest absolute Gasteiger partial charge is 0.278 e. The maximum Gasteiger partial charge on any atom is 0.278 e. The minimum atomic E-state index is -0.396. The fraction of sp³-hybridized carbons (Fsp3) is 0.150. The molecule has 0 atom stereocenters. The lowest BCUT2D eigenvalue weighted by atomic mass is 10.1. The number of fused-ring (bicyclic) bond motifs is 1. The monoisotopic (exact) mass is 407 g/mol. The molecular weight excluding hydrogens is 390 g/mol. The average Bonchev–Trinajstić information content (AvgIpc) is 3.16. The molecule has 4 aromatic rings. The molecule has 4 rings (SSSR count). The molecule has 0 saturated carbocycles. The van der Waals surface area contributed by atoms with Crippen LogP contribution in [0.25, 0.3) is 22.2 Å². The summed E-state index contributed by atoms with van der Waals surface area (Å²) < 4.78 is 7.46. The van der Waals surface area contributed by atoms with Crippen LogP contribution in [0.3, 0.4) is 0 Å². The molecule has 146 valence electrons. The summed E-state index contributed by atoms with van der Waals surface area (Å²) >= 11 is 1.42. The van der Waals surface area contributed by atoms with E-state index in [9.17, 15) is 10.1 Å². The Balaban J connectivity index is 1.80. The molecule has 0 aliphatic carbocycles. The number of pyridine rings is 1. The van der Waals surface area contributed by atoms with Crippen molar-refractivity contribution < 1.29 is 9.66 Å². The summed E-state index contributed by atoms with van der Waals surface area (Å²) in [5.41, 5.74) is 0.887. The molecule has 2 heterocycles. The highest BCUT2D eigenvalue weighted by atomic mass is 32.2. The molecule has 0 spiro atoms. The lowest BCUT2D eigenvalue weighted by Crippen LogP contribution is -2.01. The lowest BCUT2D eigenvalue weighted by Gasteiger charge is -2.11. The van der Waals surface area contributed by atoms with E-state index in [0.29, 0.717) is 22.9 Å². The van der Waals surface area contributed by atoms with Crippen molar-refractivity contribution in [3.63, 3.8) is 0 Å². The van der Waals surface area contributed by atoms with Crippen LogP contribution >= 0.6 is 11.8 Å². The Labute approximate surface area is 170 Å². The minimum Gasteiger partial charge on any atom is -0.496 e. The van der Waals surface area contributed by atoms with Crippen LogP contribution in [0.15, 0.2) is 64.9 Å². The first-order valence-electron chi connectivity index (χ1n) is 8.89. The lowest BCUT2D eigenvalue weighted by molar-refractivity contribution is -0.383. The predicted octanol–water partition coefficient (Wildman–Crippen LogP) is 4.58. The molecule has 0 aliphatic rings. The number of hydrogen-bond donors (Lipinski definition) is 0. The van der Waals surface area contributed by atoms with E-state index in [1.54, 1.807) is 25.4 Å². The second kappa shape index (κ2) is 7.88. The Morgan fingerprint density at radius 3 is 2.72 bits per heavy atom. The summed E-state index contributed by atoms with van der Waals surface area (Å²) in [5, 5.41) is 22.0. The van der Waals surface area contributed by atoms with Gasteiger partial charge in [-0.25, -0.2) is 0 Å². The van der Waals surface area contributed by atoms with Crippen molar-refractivity contribution in [3.8, 4) is 17.1 Å². The highest BCUT2D eigenvalue weighted by Crippen LogP contribution is 2.38. The number of non-ortho nitro benzene ring substituents is 1. The first-order valence-corrected chi connectivity index (χ1v) is 9.71. The standard InChI is InChI=1S/C20H17N5O3S/c1-3-24-19(14-6-4-5-7-17(14)28-2)22-23-20(24)29-18-9-8-16(25(26)27)15-12-21-11-10-13(15)18/h4-12H,3H2,1-2H3. The van der Waals surface area contributed by atoms with Gasteiger partial charge in [0.1, 0.15) is 5.75 Å². The zero-order chi connectivity index (χ0) is 20.4. The van der Waals surface area contributed by atoms with Crippen LogP contribution in [0.5, 0.6) is 5.75 Å². The van der Waals surface area contributed by atoms with E-state index in [4.69, 9.17) is 4.74 Å². The number of nitrogens with zero attached hydrogens (tertiary/aromatic N) is 5. The van der Waals surface area contributed by atoms with Gasteiger partial charge in [0.15, 0.2) is 11.0 Å². The SMILES string of the molecule is CCn1c(Sc2ccc([N+](=O)[O-])c3cnccc23)nnc1-c1ccccc1OC. The summed E-state index contributed by atoms with van der Waals surface area (Å²) in [4.78, 5) is 15.8. The number of aromatic nitrogens is 4. The minimum absolute atomic E-state index is 0.0316. The third kappa shape index (κ3) is 3.40. The first kappa shape index (κ1) is 18.9. The van der Waals surface area contributed by atoms with Gasteiger partial charge in [-0.05, 0) is 43.0 Å². The largest absolute Gasteiger partial charge is 0.496 e. The highest BCUT2D eigenvalue weighted by molar-refractivity contribution is 7.99. The second-order valence-corrected chi connectivity index (χ2v) is 7.12. The van der Waals surface area contributed by atoms with E-state index in [0.717, 1.165) is 21.6 Å². The Kier molecular flexibility index (Phi) is 5.13. The van der Waals surface area contributed by atoms with Gasteiger partial charge < -0.3 is 9.30 Å². The van der Waals surface area contributed by atoms with E-state index >= 15 is 0 Å². The van der Waals surface area contributed by atoms with Crippen LogP contribution in [-0.2, 0) is 6.54 Å². The van der Waals surface area contributed by atoms with Crippen LogP contribution in [-0.4, -0.2) is 31.8 Å². The topological polar surface area (TPSA) is 96.0 Å². The summed E-state index contributed by atoms with van der Waals surface area (Å²) in [6.45, 7) is 2.68. The van der Waals surface area contributed by atoms with Crippen LogP contribution in [0.1, 0.15) is 6.92 Å². The van der Waals surface area contributed by atoms with Gasteiger partial charge in [-0.1, -0.05) is 12.1 Å². The Hall–Kier alpha value is -3.46. The summed E-state index contributed by atoms with van der Waals surface area (Å²) in [6, 6.07) is 12.7. The van der Waals surface area contributed by atoms with Gasteiger partial charge >= 0.3 is 0 Å². The van der Waals surface area contributed by atoms with Crippen molar-refractivity contribution in [2.45, 2.75) is 23.5 Å². The van der Waals surface area contributed by atoms with Crippen molar-refractivity contribution in [3.05, 3.63) is 65.0 Å². The molecule has 0 N–H and O–H groups in total. The molecule has 8 nitrogen and oxygen atoms in total. The molecule has 0 amide bonds. The van der Waals surface area contributed by atoms with Crippen molar-refractivity contribution in [2.24, 2.45) is 0 Å². The Morgan fingerprint density at radius 1 is 1.14 bits per heavy atom. The molecule has 9 heteroatoms. The van der Waals surface area contributed by atoms with Gasteiger partial charge in [0.05, 0.1) is 23.0 Å². The van der Waals surface area contributed by atoms with Gasteiger partial charge in [-0.3, -0.25) is 15.1 Å². The number of nitro groups is 1. The fourth-order valence-electron chi connectivity index (χ4n) is 3.17. The van der Waals surface area contributed by atoms with Crippen LogP contribution in [0, 0.1) is 10.1 Å². The Bertz CT molecular complexity index is 1210. The first-order chi connectivity index (χ1) is 14.1. The van der Waals surface area contributed by atoms with E-state index in [-0.39, 0.29) is 5.69 Å². The van der Waals surface area contributed by atoms with Gasteiger partial charge in [-0.15, -0.1) is 10.2 Å². The number of ether oxygens (including phenoxy) is 1. The van der Waals surface area contributed by atoms with E-state index in [1.165, 1.54) is 24.0 Å². The van der Waals surface area contributed by atoms with Gasteiger partial charge in [0.25, 0.3) is 5.69 Å². The van der Waals surface area contributed by atoms with Gasteiger partial charge in [0.2, 0.25) is 0 Å². The fourth-order valence-corrected chi connectivity index (χ4v) is 4.20. The zero-order valence-corrected chi connectivity index (χ0v) is 16.6. The number of hydrogen-bond acceptors (Lipinski definition) is 7. The van der Waals surface area contributed by atoms with Crippen molar-refractivity contribution >= 4 is 28.2 Å². The molecule has 0 fully saturated rings. The van der Waals surface area contributed by atoms with E-state index in [2.05, 4.69) is 15.2 Å². The molecule has 0 radical (unpaired) electrons. The molecule has 0 saturated heterocycles. The molecular formula is C20H17N5O3S. The van der Waals surface area contributed by atoms with E-state index < -0.39 is 4.92 Å². The Morgan fingerprint density at radius 2 is 1.97 bits per heavy atom. The number of para-hydroxylation sites is 1. The summed E-state index contributed by atoms with van der Waals surface area (Å²) in [5.74, 6) is 1.43. The highest BCUT2D eigenvalue weighted by Gasteiger charge is 2.20. The predicted molar refractivity (Wildman–Crippen MR) is 110 cm³/mol. The number of rotatable bonds is 6. The zero-order valence-electron chi connectivity index (χ0n) is 15.8. The second-order valence-electron chi connectivity index (χ2n) is 6.11. The molecule has 2 aromatic heterocycles. The number of methoxy groups -OCH3 is 1. The summed E-state index contributed by atoms with van der Waals surface area (Å²) in [6.07, 6.45) is 3.14. The number of benzene rings is 2. The third-order valence-electron chi connectivity index (χ3n) is 4.53. The maximum atomic E-state index is 11.3. The average molecular weight is 407 g/mol. The summed E-state index contributed by atoms with van der Waals surface area (Å²) in [7, 11) is 1.62. The molecule has 29 heavy (non-hydrogen) atoms. The van der Waals surface area contributed by atoms with Gasteiger partial charge in [0, 0.05) is 35.3 Å².